The van der Waals surface area contributed by atoms with E-state index >= 15 is 0 Å². The van der Waals surface area contributed by atoms with Gasteiger partial charge in [-0.25, -0.2) is 0 Å². The minimum atomic E-state index is -0.266. The Morgan fingerprint density at radius 1 is 0.889 bits per heavy atom. The molecule has 200 valence electrons. The van der Waals surface area contributed by atoms with Crippen LogP contribution in [-0.4, -0.2) is 48.9 Å². The van der Waals surface area contributed by atoms with E-state index in [0.717, 1.165) is 17.9 Å². The third kappa shape index (κ3) is 10.1. The lowest BCUT2D eigenvalue weighted by Crippen LogP contribution is -2.24. The average Bonchev–Trinajstić information content (AvgIpc) is 2.79. The van der Waals surface area contributed by atoms with Crippen molar-refractivity contribution in [3.63, 3.8) is 0 Å². The molecule has 36 heavy (non-hydrogen) atoms. The summed E-state index contributed by atoms with van der Waals surface area (Å²) in [4.78, 5) is 23.2. The van der Waals surface area contributed by atoms with E-state index in [9.17, 15) is 9.59 Å². The van der Waals surface area contributed by atoms with Gasteiger partial charge in [0.1, 0.15) is 32.2 Å². The molecule has 0 fully saturated rings. The first kappa shape index (κ1) is 30.2. The van der Waals surface area contributed by atoms with Crippen molar-refractivity contribution >= 4 is 37.2 Å². The van der Waals surface area contributed by atoms with E-state index in [-0.39, 0.29) is 53.4 Å². The Hall–Kier alpha value is -2.06. The van der Waals surface area contributed by atoms with Gasteiger partial charge in [0.25, 0.3) is 0 Å². The first-order valence-electron chi connectivity index (χ1n) is 12.4. The molecule has 1 aliphatic carbocycles. The maximum Gasteiger partial charge on any atom is 0.307 e. The van der Waals surface area contributed by atoms with Gasteiger partial charge in [-0.15, -0.1) is 0 Å². The first-order valence-corrected chi connectivity index (χ1v) is 13.5. The van der Waals surface area contributed by atoms with Crippen LogP contribution in [0.15, 0.2) is 47.7 Å². The zero-order valence-electron chi connectivity index (χ0n) is 22.0. The average molecular weight is 537 g/mol. The maximum absolute atomic E-state index is 11.6. The standard InChI is InChI=1S/C28H40O6S2/c1-19-16-23(8-11-25(19)32-13-15-34-27(30)18-21(3)36)28(4,5)22-6-9-24(10-7-22)31-12-14-33-26(29)17-20(2)35/h6-11,19-21,35-36H,12-18H2,1-5H3. The smallest absolute Gasteiger partial charge is 0.307 e. The van der Waals surface area contributed by atoms with Crippen LogP contribution >= 0.6 is 25.3 Å². The number of hydrogen-bond acceptors (Lipinski definition) is 8. The van der Waals surface area contributed by atoms with Crippen molar-refractivity contribution in [2.75, 3.05) is 26.4 Å². The Kier molecular flexibility index (Phi) is 12.3. The van der Waals surface area contributed by atoms with Gasteiger partial charge in [0.05, 0.1) is 18.6 Å². The molecule has 0 spiro atoms. The molecule has 0 radical (unpaired) electrons. The number of rotatable bonds is 14. The number of allylic oxidation sites excluding steroid dienone is 4. The van der Waals surface area contributed by atoms with E-state index in [1.807, 2.05) is 32.1 Å². The lowest BCUT2D eigenvalue weighted by atomic mass is 9.73. The summed E-state index contributed by atoms with van der Waals surface area (Å²) >= 11 is 8.39. The maximum atomic E-state index is 11.6. The van der Waals surface area contributed by atoms with Gasteiger partial charge in [-0.3, -0.25) is 9.59 Å². The quantitative estimate of drug-likeness (QED) is 0.180. The van der Waals surface area contributed by atoms with Gasteiger partial charge < -0.3 is 18.9 Å². The van der Waals surface area contributed by atoms with Gasteiger partial charge in [0, 0.05) is 21.8 Å². The summed E-state index contributed by atoms with van der Waals surface area (Å²) in [7, 11) is 0. The molecule has 0 saturated carbocycles. The summed E-state index contributed by atoms with van der Waals surface area (Å²) < 4.78 is 21.9. The van der Waals surface area contributed by atoms with E-state index in [0.29, 0.717) is 19.6 Å². The second-order valence-electron chi connectivity index (χ2n) is 9.76. The summed E-state index contributed by atoms with van der Waals surface area (Å²) in [6, 6.07) is 8.04. The van der Waals surface area contributed by atoms with Crippen LogP contribution < -0.4 is 4.74 Å². The highest BCUT2D eigenvalue weighted by Crippen LogP contribution is 2.39. The number of thiol groups is 2. The second-order valence-corrected chi connectivity index (χ2v) is 11.5. The molecule has 6 nitrogen and oxygen atoms in total. The molecule has 0 saturated heterocycles. The highest BCUT2D eigenvalue weighted by molar-refractivity contribution is 7.81. The lowest BCUT2D eigenvalue weighted by molar-refractivity contribution is -0.145. The van der Waals surface area contributed by atoms with E-state index in [1.165, 1.54) is 11.1 Å². The zero-order chi connectivity index (χ0) is 26.7. The van der Waals surface area contributed by atoms with Crippen molar-refractivity contribution in [2.24, 2.45) is 5.92 Å². The fourth-order valence-electron chi connectivity index (χ4n) is 3.88. The second kappa shape index (κ2) is 14.6. The summed E-state index contributed by atoms with van der Waals surface area (Å²) in [5.41, 5.74) is 2.34. The van der Waals surface area contributed by atoms with Crippen LogP contribution in [0.5, 0.6) is 5.75 Å². The predicted molar refractivity (Wildman–Crippen MR) is 149 cm³/mol. The Balaban J connectivity index is 1.86. The molecule has 0 aliphatic heterocycles. The molecule has 0 aromatic heterocycles. The topological polar surface area (TPSA) is 71.1 Å². The lowest BCUT2D eigenvalue weighted by Gasteiger charge is -2.33. The van der Waals surface area contributed by atoms with E-state index in [2.05, 4.69) is 64.2 Å². The fraction of sp³-hybridized carbons (Fsp3) is 0.571. The van der Waals surface area contributed by atoms with Gasteiger partial charge in [-0.2, -0.15) is 25.3 Å². The minimum Gasteiger partial charge on any atom is -0.494 e. The number of esters is 2. The van der Waals surface area contributed by atoms with E-state index in [4.69, 9.17) is 18.9 Å². The van der Waals surface area contributed by atoms with E-state index in [1.54, 1.807) is 0 Å². The highest BCUT2D eigenvalue weighted by atomic mass is 32.1. The van der Waals surface area contributed by atoms with Crippen molar-refractivity contribution < 1.29 is 28.5 Å². The molecular weight excluding hydrogens is 496 g/mol. The van der Waals surface area contributed by atoms with Crippen LogP contribution in [-0.2, 0) is 29.2 Å². The number of carbonyl (C=O) groups is 2. The van der Waals surface area contributed by atoms with Gasteiger partial charge >= 0.3 is 11.9 Å². The van der Waals surface area contributed by atoms with E-state index < -0.39 is 0 Å². The van der Waals surface area contributed by atoms with Crippen LogP contribution in [0, 0.1) is 5.92 Å². The molecular formula is C28H40O6S2. The van der Waals surface area contributed by atoms with Crippen molar-refractivity contribution in [1.82, 2.24) is 0 Å². The number of ether oxygens (including phenoxy) is 4. The summed E-state index contributed by atoms with van der Waals surface area (Å²) in [5, 5.41) is -0.0337. The molecule has 1 aromatic carbocycles. The van der Waals surface area contributed by atoms with Crippen molar-refractivity contribution in [1.29, 1.82) is 0 Å². The molecule has 3 atom stereocenters. The number of carbonyl (C=O) groups excluding carboxylic acids is 2. The van der Waals surface area contributed by atoms with Gasteiger partial charge in [0.15, 0.2) is 0 Å². The molecule has 3 unspecified atom stereocenters. The van der Waals surface area contributed by atoms with Crippen molar-refractivity contribution in [3.05, 3.63) is 53.3 Å². The Labute approximate surface area is 226 Å². The van der Waals surface area contributed by atoms with Crippen molar-refractivity contribution in [2.45, 2.75) is 69.8 Å². The molecule has 1 aliphatic rings. The van der Waals surface area contributed by atoms with Gasteiger partial charge in [-0.05, 0) is 30.2 Å². The molecule has 1 aromatic rings. The first-order chi connectivity index (χ1) is 17.0. The van der Waals surface area contributed by atoms with Gasteiger partial charge in [0.2, 0.25) is 0 Å². The van der Waals surface area contributed by atoms with Crippen LogP contribution in [0.2, 0.25) is 0 Å². The third-order valence-corrected chi connectivity index (χ3v) is 6.36. The molecule has 8 heteroatoms. The molecule has 0 bridgehead atoms. The Bertz CT molecular complexity index is 918. The highest BCUT2D eigenvalue weighted by Gasteiger charge is 2.29. The van der Waals surface area contributed by atoms with Crippen molar-refractivity contribution in [3.8, 4) is 5.75 Å². The zero-order valence-corrected chi connectivity index (χ0v) is 23.8. The van der Waals surface area contributed by atoms with Crippen LogP contribution in [0.1, 0.15) is 59.4 Å². The summed E-state index contributed by atoms with van der Waals surface area (Å²) in [6.07, 6.45) is 5.62. The normalized spacial score (nSPS) is 17.4. The Morgan fingerprint density at radius 2 is 1.42 bits per heavy atom. The summed E-state index contributed by atoms with van der Waals surface area (Å²) in [6.45, 7) is 11.4. The molecule has 0 N–H and O–H groups in total. The molecule has 0 heterocycles. The van der Waals surface area contributed by atoms with Gasteiger partial charge in [-0.1, -0.05) is 58.4 Å². The predicted octanol–water partition coefficient (Wildman–Crippen LogP) is 5.71. The summed E-state index contributed by atoms with van der Waals surface area (Å²) in [5.74, 6) is 1.35. The monoisotopic (exact) mass is 536 g/mol. The largest absolute Gasteiger partial charge is 0.494 e. The third-order valence-electron chi connectivity index (χ3n) is 5.99. The van der Waals surface area contributed by atoms with Crippen LogP contribution in [0.25, 0.3) is 0 Å². The number of benzene rings is 1. The van der Waals surface area contributed by atoms with Crippen LogP contribution in [0.3, 0.4) is 0 Å². The molecule has 0 amide bonds. The SMILES string of the molecule is CC(S)CC(=O)OCCOC1=CC=C(C(C)(C)c2ccc(OCCOC(=O)CC(C)S)cc2)CC1C. The van der Waals surface area contributed by atoms with Crippen LogP contribution in [0.4, 0.5) is 0 Å². The fourth-order valence-corrected chi connectivity index (χ4v) is 4.18. The Morgan fingerprint density at radius 3 is 1.92 bits per heavy atom. The minimum absolute atomic E-state index is 0.0150. The number of hydrogen-bond donors (Lipinski definition) is 2. The molecule has 2 rings (SSSR count).